The van der Waals surface area contributed by atoms with E-state index in [1.807, 2.05) is 0 Å². The van der Waals surface area contributed by atoms with Gasteiger partial charge in [0.2, 0.25) is 12.3 Å². The van der Waals surface area contributed by atoms with Crippen LogP contribution in [0.4, 0.5) is 0 Å². The molecule has 100 valence electrons. The third-order valence-electron chi connectivity index (χ3n) is 2.47. The summed E-state index contributed by atoms with van der Waals surface area (Å²) in [5.74, 6) is -0.764. The zero-order valence-electron chi connectivity index (χ0n) is 9.85. The highest BCUT2D eigenvalue weighted by atomic mass is 16.2. The van der Waals surface area contributed by atoms with Gasteiger partial charge in [0.05, 0.1) is 19.1 Å². The molecule has 0 aromatic rings. The van der Waals surface area contributed by atoms with Crippen molar-refractivity contribution in [1.82, 2.24) is 21.1 Å². The van der Waals surface area contributed by atoms with E-state index in [0.29, 0.717) is 19.4 Å². The summed E-state index contributed by atoms with van der Waals surface area (Å²) < 4.78 is 0. The molecule has 1 saturated heterocycles. The Morgan fingerprint density at radius 1 is 1.33 bits per heavy atom. The van der Waals surface area contributed by atoms with Crippen molar-refractivity contribution in [1.29, 1.82) is 0 Å². The van der Waals surface area contributed by atoms with Gasteiger partial charge < -0.3 is 15.4 Å². The number of hydrogen-bond acceptors (Lipinski definition) is 5. The summed E-state index contributed by atoms with van der Waals surface area (Å²) >= 11 is 0. The molecular formula is C10H16N4O4. The van der Waals surface area contributed by atoms with Gasteiger partial charge in [0.15, 0.2) is 0 Å². The summed E-state index contributed by atoms with van der Waals surface area (Å²) in [6.45, 7) is 0.171. The van der Waals surface area contributed by atoms with Crippen molar-refractivity contribution >= 4 is 24.5 Å². The van der Waals surface area contributed by atoms with E-state index in [4.69, 9.17) is 0 Å². The minimum atomic E-state index is -0.445. The van der Waals surface area contributed by atoms with E-state index in [1.165, 1.54) is 5.01 Å². The van der Waals surface area contributed by atoms with E-state index in [0.717, 1.165) is 12.7 Å². The molecule has 0 radical (unpaired) electrons. The Kier molecular flexibility index (Phi) is 5.78. The van der Waals surface area contributed by atoms with Gasteiger partial charge in [-0.2, -0.15) is 0 Å². The van der Waals surface area contributed by atoms with Crippen molar-refractivity contribution in [3.63, 3.8) is 0 Å². The largest absolute Gasteiger partial charge is 0.350 e. The van der Waals surface area contributed by atoms with Crippen molar-refractivity contribution in [3.8, 4) is 0 Å². The molecule has 1 aliphatic heterocycles. The number of aldehydes is 1. The third-order valence-corrected chi connectivity index (χ3v) is 2.47. The van der Waals surface area contributed by atoms with Crippen LogP contribution in [-0.2, 0) is 19.2 Å². The first-order valence-electron chi connectivity index (χ1n) is 5.63. The average molecular weight is 256 g/mol. The minimum Gasteiger partial charge on any atom is -0.350 e. The molecule has 0 aromatic heterocycles. The molecule has 8 heteroatoms. The number of nitrogens with zero attached hydrogens (tertiary/aromatic N) is 1. The zero-order chi connectivity index (χ0) is 13.4. The fourth-order valence-corrected chi connectivity index (χ4v) is 1.56. The highest BCUT2D eigenvalue weighted by molar-refractivity contribution is 5.86. The Morgan fingerprint density at radius 3 is 2.78 bits per heavy atom. The summed E-state index contributed by atoms with van der Waals surface area (Å²) in [5, 5.41) is 5.88. The predicted molar refractivity (Wildman–Crippen MR) is 61.0 cm³/mol. The lowest BCUT2D eigenvalue weighted by Crippen LogP contribution is -2.55. The number of nitrogens with one attached hydrogen (secondary N) is 3. The van der Waals surface area contributed by atoms with Crippen LogP contribution in [0, 0.1) is 0 Å². The Balaban J connectivity index is 2.29. The maximum Gasteiger partial charge on any atom is 0.256 e. The highest BCUT2D eigenvalue weighted by Gasteiger charge is 2.22. The van der Waals surface area contributed by atoms with Gasteiger partial charge in [0.25, 0.3) is 5.91 Å². The molecule has 1 fully saturated rings. The van der Waals surface area contributed by atoms with Crippen molar-refractivity contribution in [2.75, 3.05) is 19.6 Å². The van der Waals surface area contributed by atoms with E-state index in [9.17, 15) is 19.2 Å². The monoisotopic (exact) mass is 256 g/mol. The van der Waals surface area contributed by atoms with Gasteiger partial charge >= 0.3 is 0 Å². The minimum absolute atomic E-state index is 0.166. The molecule has 8 nitrogen and oxygen atoms in total. The predicted octanol–water partition coefficient (Wildman–Crippen LogP) is -2.46. The average Bonchev–Trinajstić information content (AvgIpc) is 2.42. The molecular weight excluding hydrogens is 240 g/mol. The molecule has 0 spiro atoms. The molecule has 1 unspecified atom stereocenters. The van der Waals surface area contributed by atoms with Crippen LogP contribution in [0.5, 0.6) is 0 Å². The van der Waals surface area contributed by atoms with Crippen LogP contribution in [0.2, 0.25) is 0 Å². The van der Waals surface area contributed by atoms with Crippen molar-refractivity contribution in [2.24, 2.45) is 0 Å². The van der Waals surface area contributed by atoms with Gasteiger partial charge in [0.1, 0.15) is 6.29 Å². The zero-order valence-corrected chi connectivity index (χ0v) is 9.85. The van der Waals surface area contributed by atoms with Gasteiger partial charge in [-0.1, -0.05) is 0 Å². The quantitative estimate of drug-likeness (QED) is 0.457. The Morgan fingerprint density at radius 2 is 2.11 bits per heavy atom. The van der Waals surface area contributed by atoms with Crippen LogP contribution in [0.25, 0.3) is 0 Å². The fraction of sp³-hybridized carbons (Fsp3) is 0.600. The molecule has 0 aromatic carbocycles. The molecule has 1 heterocycles. The second-order valence-electron chi connectivity index (χ2n) is 3.83. The first-order chi connectivity index (χ1) is 8.67. The first kappa shape index (κ1) is 14.1. The topological polar surface area (TPSA) is 108 Å². The molecule has 3 amide bonds. The second kappa shape index (κ2) is 7.38. The number of amides is 3. The van der Waals surface area contributed by atoms with Crippen LogP contribution < -0.4 is 16.1 Å². The molecule has 0 saturated carbocycles. The van der Waals surface area contributed by atoms with Crippen LogP contribution in [0.15, 0.2) is 0 Å². The fourth-order valence-electron chi connectivity index (χ4n) is 1.56. The van der Waals surface area contributed by atoms with E-state index in [2.05, 4.69) is 16.1 Å². The van der Waals surface area contributed by atoms with Gasteiger partial charge in [-0.25, -0.2) is 5.43 Å². The van der Waals surface area contributed by atoms with Gasteiger partial charge in [-0.05, 0) is 12.8 Å². The van der Waals surface area contributed by atoms with E-state index < -0.39 is 5.91 Å². The standard InChI is InChI=1S/C10H16N4O4/c15-6-8-2-1-3-14(13-8)10(18)5-12-9(17)4-11-7-16/h6-8,13H,1-5H2,(H,11,16)(H,12,17). The molecule has 0 aliphatic carbocycles. The van der Waals surface area contributed by atoms with Crippen LogP contribution in [-0.4, -0.2) is 55.2 Å². The van der Waals surface area contributed by atoms with Crippen molar-refractivity contribution in [3.05, 3.63) is 0 Å². The molecule has 1 rings (SSSR count). The number of rotatable bonds is 6. The molecule has 0 bridgehead atoms. The Labute approximate surface area is 104 Å². The van der Waals surface area contributed by atoms with Gasteiger partial charge in [-0.3, -0.25) is 19.4 Å². The van der Waals surface area contributed by atoms with Crippen molar-refractivity contribution < 1.29 is 19.2 Å². The molecule has 1 aliphatic rings. The third kappa shape index (κ3) is 4.50. The normalized spacial score (nSPS) is 18.9. The van der Waals surface area contributed by atoms with Crippen molar-refractivity contribution in [2.45, 2.75) is 18.9 Å². The molecule has 1 atom stereocenters. The maximum atomic E-state index is 11.7. The number of carbonyl (C=O) groups excluding carboxylic acids is 4. The highest BCUT2D eigenvalue weighted by Crippen LogP contribution is 2.05. The summed E-state index contributed by atoms with van der Waals surface area (Å²) in [4.78, 5) is 43.4. The lowest BCUT2D eigenvalue weighted by atomic mass is 10.1. The summed E-state index contributed by atoms with van der Waals surface area (Å²) in [7, 11) is 0. The van der Waals surface area contributed by atoms with Gasteiger partial charge in [-0.15, -0.1) is 0 Å². The SMILES string of the molecule is O=CNCC(=O)NCC(=O)N1CCCC(C=O)N1. The van der Waals surface area contributed by atoms with Crippen LogP contribution in [0.3, 0.4) is 0 Å². The molecule has 18 heavy (non-hydrogen) atoms. The number of hydrogen-bond donors (Lipinski definition) is 3. The van der Waals surface area contributed by atoms with E-state index in [1.54, 1.807) is 0 Å². The van der Waals surface area contributed by atoms with E-state index >= 15 is 0 Å². The number of hydrazine groups is 1. The van der Waals surface area contributed by atoms with Crippen LogP contribution >= 0.6 is 0 Å². The second-order valence-corrected chi connectivity index (χ2v) is 3.83. The summed E-state index contributed by atoms with van der Waals surface area (Å²) in [5.41, 5.74) is 2.76. The van der Waals surface area contributed by atoms with Crippen LogP contribution in [0.1, 0.15) is 12.8 Å². The maximum absolute atomic E-state index is 11.7. The first-order valence-corrected chi connectivity index (χ1v) is 5.63. The Hall–Kier alpha value is -1.96. The van der Waals surface area contributed by atoms with E-state index in [-0.39, 0.29) is 25.0 Å². The molecule has 3 N–H and O–H groups in total. The smallest absolute Gasteiger partial charge is 0.256 e. The Bertz CT molecular complexity index is 334. The summed E-state index contributed by atoms with van der Waals surface area (Å²) in [6.07, 6.45) is 2.60. The summed E-state index contributed by atoms with van der Waals surface area (Å²) in [6, 6.07) is -0.352. The number of carbonyl (C=O) groups is 4. The van der Waals surface area contributed by atoms with Gasteiger partial charge in [0, 0.05) is 6.54 Å². The lowest BCUT2D eigenvalue weighted by Gasteiger charge is -2.31. The lowest BCUT2D eigenvalue weighted by molar-refractivity contribution is -0.138.